The van der Waals surface area contributed by atoms with E-state index in [2.05, 4.69) is 5.32 Å². The topological polar surface area (TPSA) is 95.7 Å². The van der Waals surface area contributed by atoms with Crippen LogP contribution < -0.4 is 11.1 Å². The number of nitrogens with zero attached hydrogens (tertiary/aromatic N) is 1. The predicted octanol–water partition coefficient (Wildman–Crippen LogP) is 2.38. The van der Waals surface area contributed by atoms with Gasteiger partial charge in [-0.05, 0) is 31.4 Å². The molecule has 1 heterocycles. The number of aliphatic carboxylic acids is 1. The van der Waals surface area contributed by atoms with E-state index < -0.39 is 11.4 Å². The van der Waals surface area contributed by atoms with E-state index in [1.54, 1.807) is 29.2 Å². The molecule has 1 aromatic carbocycles. The van der Waals surface area contributed by atoms with Crippen molar-refractivity contribution in [3.8, 4) is 0 Å². The van der Waals surface area contributed by atoms with E-state index in [9.17, 15) is 14.7 Å². The summed E-state index contributed by atoms with van der Waals surface area (Å²) in [6.45, 7) is 2.65. The molecular formula is C15H21N3O3. The van der Waals surface area contributed by atoms with Crippen molar-refractivity contribution in [1.82, 2.24) is 4.90 Å². The van der Waals surface area contributed by atoms with Gasteiger partial charge in [-0.3, -0.25) is 4.79 Å². The maximum Gasteiger partial charge on any atom is 0.321 e. The van der Waals surface area contributed by atoms with Gasteiger partial charge in [0.15, 0.2) is 0 Å². The minimum atomic E-state index is -0.835. The standard InChI is InChI=1S/C15H21N3O3/c1-2-15(13(19)20)8-5-9-18(10-15)14(21)17-12-7-4-3-6-11(12)16/h3-4,6-7H,2,5,8-10,16H2,1H3,(H,17,21)(H,19,20). The molecular weight excluding hydrogens is 270 g/mol. The maximum atomic E-state index is 12.3. The molecule has 0 bridgehead atoms. The molecule has 0 aliphatic carbocycles. The molecule has 1 saturated heterocycles. The molecule has 21 heavy (non-hydrogen) atoms. The van der Waals surface area contributed by atoms with Gasteiger partial charge in [0.2, 0.25) is 0 Å². The average molecular weight is 291 g/mol. The Labute approximate surface area is 123 Å². The monoisotopic (exact) mass is 291 g/mol. The fourth-order valence-electron chi connectivity index (χ4n) is 2.72. The van der Waals surface area contributed by atoms with Crippen LogP contribution in [0.4, 0.5) is 16.2 Å². The molecule has 6 heteroatoms. The first-order valence-electron chi connectivity index (χ1n) is 7.12. The molecule has 4 N–H and O–H groups in total. The van der Waals surface area contributed by atoms with Gasteiger partial charge < -0.3 is 21.1 Å². The Hall–Kier alpha value is -2.24. The van der Waals surface area contributed by atoms with Crippen LogP contribution in [0.5, 0.6) is 0 Å². The summed E-state index contributed by atoms with van der Waals surface area (Å²) in [6, 6.07) is 6.71. The number of nitrogen functional groups attached to an aromatic ring is 1. The van der Waals surface area contributed by atoms with Crippen molar-refractivity contribution in [2.45, 2.75) is 26.2 Å². The van der Waals surface area contributed by atoms with Gasteiger partial charge in [0.05, 0.1) is 16.8 Å². The molecule has 1 aliphatic heterocycles. The van der Waals surface area contributed by atoms with Crippen LogP contribution in [0.1, 0.15) is 26.2 Å². The number of para-hydroxylation sites is 2. The van der Waals surface area contributed by atoms with E-state index in [4.69, 9.17) is 5.73 Å². The number of amides is 2. The number of carboxylic acid groups (broad SMARTS) is 1. The zero-order valence-electron chi connectivity index (χ0n) is 12.1. The van der Waals surface area contributed by atoms with Crippen molar-refractivity contribution in [1.29, 1.82) is 0 Å². The highest BCUT2D eigenvalue weighted by Crippen LogP contribution is 2.34. The Morgan fingerprint density at radius 1 is 1.43 bits per heavy atom. The third-order valence-corrected chi connectivity index (χ3v) is 4.20. The van der Waals surface area contributed by atoms with E-state index in [1.165, 1.54) is 0 Å². The Morgan fingerprint density at radius 2 is 2.14 bits per heavy atom. The second-order valence-corrected chi connectivity index (χ2v) is 5.48. The first-order chi connectivity index (χ1) is 9.98. The fourth-order valence-corrected chi connectivity index (χ4v) is 2.72. The first kappa shape index (κ1) is 15.2. The molecule has 0 radical (unpaired) electrons. The third kappa shape index (κ3) is 3.09. The van der Waals surface area contributed by atoms with Gasteiger partial charge >= 0.3 is 12.0 Å². The van der Waals surface area contributed by atoms with Crippen molar-refractivity contribution in [2.75, 3.05) is 24.1 Å². The van der Waals surface area contributed by atoms with E-state index in [1.807, 2.05) is 6.92 Å². The van der Waals surface area contributed by atoms with Crippen LogP contribution in [0.15, 0.2) is 24.3 Å². The molecule has 1 aromatic rings. The lowest BCUT2D eigenvalue weighted by Gasteiger charge is -2.39. The van der Waals surface area contributed by atoms with E-state index >= 15 is 0 Å². The van der Waals surface area contributed by atoms with Crippen molar-refractivity contribution in [3.63, 3.8) is 0 Å². The van der Waals surface area contributed by atoms with Crippen LogP contribution in [0, 0.1) is 5.41 Å². The minimum absolute atomic E-state index is 0.234. The number of urea groups is 1. The maximum absolute atomic E-state index is 12.3. The SMILES string of the molecule is CCC1(C(=O)O)CCCN(C(=O)Nc2ccccc2N)C1. The minimum Gasteiger partial charge on any atom is -0.481 e. The quantitative estimate of drug-likeness (QED) is 0.745. The molecule has 114 valence electrons. The van der Waals surface area contributed by atoms with Crippen LogP contribution in [0.25, 0.3) is 0 Å². The molecule has 6 nitrogen and oxygen atoms in total. The number of nitrogens with two attached hydrogens (primary N) is 1. The van der Waals surface area contributed by atoms with Gasteiger partial charge in [-0.2, -0.15) is 0 Å². The number of benzene rings is 1. The summed E-state index contributed by atoms with van der Waals surface area (Å²) in [5, 5.41) is 12.2. The van der Waals surface area contributed by atoms with Crippen LogP contribution in [-0.4, -0.2) is 35.1 Å². The van der Waals surface area contributed by atoms with E-state index in [-0.39, 0.29) is 12.6 Å². The number of carbonyl (C=O) groups is 2. The summed E-state index contributed by atoms with van der Waals surface area (Å²) in [4.78, 5) is 25.4. The molecule has 2 amide bonds. The molecule has 1 fully saturated rings. The zero-order chi connectivity index (χ0) is 15.5. The Bertz CT molecular complexity index is 547. The second kappa shape index (κ2) is 6.03. The highest BCUT2D eigenvalue weighted by Gasteiger charge is 2.42. The number of hydrogen-bond acceptors (Lipinski definition) is 3. The van der Waals surface area contributed by atoms with E-state index in [0.29, 0.717) is 37.2 Å². The summed E-state index contributed by atoms with van der Waals surface area (Å²) < 4.78 is 0. The van der Waals surface area contributed by atoms with Crippen LogP contribution >= 0.6 is 0 Å². The number of carbonyl (C=O) groups excluding carboxylic acids is 1. The first-order valence-corrected chi connectivity index (χ1v) is 7.12. The average Bonchev–Trinajstić information content (AvgIpc) is 2.49. The van der Waals surface area contributed by atoms with Gasteiger partial charge in [-0.15, -0.1) is 0 Å². The molecule has 0 saturated carbocycles. The van der Waals surface area contributed by atoms with Gasteiger partial charge in [0.25, 0.3) is 0 Å². The summed E-state index contributed by atoms with van der Waals surface area (Å²) in [5.74, 6) is -0.832. The number of carboxylic acids is 1. The largest absolute Gasteiger partial charge is 0.481 e. The molecule has 0 aromatic heterocycles. The highest BCUT2D eigenvalue weighted by atomic mass is 16.4. The summed E-state index contributed by atoms with van der Waals surface area (Å²) in [6.07, 6.45) is 1.81. The molecule has 2 rings (SSSR count). The smallest absolute Gasteiger partial charge is 0.321 e. The lowest BCUT2D eigenvalue weighted by Crippen LogP contribution is -2.50. The molecule has 1 aliphatic rings. The molecule has 0 spiro atoms. The number of anilines is 2. The number of rotatable bonds is 3. The summed E-state index contributed by atoms with van der Waals surface area (Å²) in [5.41, 5.74) is 6.00. The second-order valence-electron chi connectivity index (χ2n) is 5.48. The summed E-state index contributed by atoms with van der Waals surface area (Å²) in [7, 11) is 0. The van der Waals surface area contributed by atoms with Crippen LogP contribution in [-0.2, 0) is 4.79 Å². The van der Waals surface area contributed by atoms with Crippen LogP contribution in [0.3, 0.4) is 0 Å². The van der Waals surface area contributed by atoms with E-state index in [0.717, 1.165) is 0 Å². The molecule has 1 atom stereocenters. The van der Waals surface area contributed by atoms with Crippen molar-refractivity contribution < 1.29 is 14.7 Å². The normalized spacial score (nSPS) is 21.9. The van der Waals surface area contributed by atoms with Gasteiger partial charge in [0, 0.05) is 13.1 Å². The highest BCUT2D eigenvalue weighted by molar-refractivity contribution is 5.93. The lowest BCUT2D eigenvalue weighted by molar-refractivity contribution is -0.152. The number of likely N-dealkylation sites (tertiary alicyclic amines) is 1. The Morgan fingerprint density at radius 3 is 2.76 bits per heavy atom. The van der Waals surface area contributed by atoms with Crippen molar-refractivity contribution in [2.24, 2.45) is 5.41 Å². The van der Waals surface area contributed by atoms with Crippen molar-refractivity contribution in [3.05, 3.63) is 24.3 Å². The number of piperidine rings is 1. The van der Waals surface area contributed by atoms with Crippen LogP contribution in [0.2, 0.25) is 0 Å². The Balaban J connectivity index is 2.09. The number of hydrogen-bond donors (Lipinski definition) is 3. The lowest BCUT2D eigenvalue weighted by atomic mass is 9.78. The fraction of sp³-hybridized carbons (Fsp3) is 0.467. The third-order valence-electron chi connectivity index (χ3n) is 4.20. The summed E-state index contributed by atoms with van der Waals surface area (Å²) >= 11 is 0. The Kier molecular flexibility index (Phi) is 4.35. The van der Waals surface area contributed by atoms with Gasteiger partial charge in [-0.1, -0.05) is 19.1 Å². The van der Waals surface area contributed by atoms with Gasteiger partial charge in [-0.25, -0.2) is 4.79 Å². The predicted molar refractivity (Wildman–Crippen MR) is 81.0 cm³/mol. The number of nitrogens with one attached hydrogen (secondary N) is 1. The zero-order valence-corrected chi connectivity index (χ0v) is 12.1. The van der Waals surface area contributed by atoms with Gasteiger partial charge in [0.1, 0.15) is 0 Å². The molecule has 1 unspecified atom stereocenters. The van der Waals surface area contributed by atoms with Crippen molar-refractivity contribution >= 4 is 23.4 Å².